The van der Waals surface area contributed by atoms with Crippen molar-refractivity contribution >= 4 is 15.9 Å². The van der Waals surface area contributed by atoms with Gasteiger partial charge in [0.25, 0.3) is 5.91 Å². The Morgan fingerprint density at radius 1 is 1.53 bits per heavy atom. The summed E-state index contributed by atoms with van der Waals surface area (Å²) in [6.45, 7) is 4.67. The van der Waals surface area contributed by atoms with Crippen LogP contribution in [0.1, 0.15) is 30.8 Å². The summed E-state index contributed by atoms with van der Waals surface area (Å²) < 4.78 is 22.0. The van der Waals surface area contributed by atoms with Crippen LogP contribution in [0.4, 0.5) is 0 Å². The second-order valence-electron chi connectivity index (χ2n) is 4.23. The van der Waals surface area contributed by atoms with Crippen molar-refractivity contribution in [2.24, 2.45) is 11.1 Å². The molecule has 6 nitrogen and oxygen atoms in total. The van der Waals surface area contributed by atoms with Gasteiger partial charge in [-0.05, 0) is 18.4 Å². The van der Waals surface area contributed by atoms with E-state index in [1.807, 2.05) is 0 Å². The molecule has 0 aliphatic rings. The van der Waals surface area contributed by atoms with Gasteiger partial charge in [-0.15, -0.1) is 0 Å². The van der Waals surface area contributed by atoms with E-state index in [4.69, 9.17) is 5.14 Å². The van der Waals surface area contributed by atoms with Crippen molar-refractivity contribution in [3.8, 4) is 0 Å². The minimum Gasteiger partial charge on any atom is -0.356 e. The summed E-state index contributed by atoms with van der Waals surface area (Å²) in [6, 6.07) is 1.22. The number of aromatic nitrogens is 1. The molecule has 0 fully saturated rings. The number of rotatable bonds is 5. The zero-order valence-electron chi connectivity index (χ0n) is 9.86. The van der Waals surface area contributed by atoms with E-state index in [0.29, 0.717) is 12.5 Å². The van der Waals surface area contributed by atoms with Crippen LogP contribution in [-0.2, 0) is 10.0 Å². The van der Waals surface area contributed by atoms with Gasteiger partial charge < -0.3 is 10.3 Å². The number of amides is 1. The van der Waals surface area contributed by atoms with Gasteiger partial charge in [0.2, 0.25) is 10.0 Å². The summed E-state index contributed by atoms with van der Waals surface area (Å²) >= 11 is 0. The van der Waals surface area contributed by atoms with E-state index in [1.165, 1.54) is 12.3 Å². The van der Waals surface area contributed by atoms with Gasteiger partial charge in [-0.25, -0.2) is 13.6 Å². The molecule has 17 heavy (non-hydrogen) atoms. The highest BCUT2D eigenvalue weighted by molar-refractivity contribution is 7.89. The van der Waals surface area contributed by atoms with Crippen LogP contribution in [-0.4, -0.2) is 25.9 Å². The average Bonchev–Trinajstić information content (AvgIpc) is 2.64. The summed E-state index contributed by atoms with van der Waals surface area (Å²) in [4.78, 5) is 14.1. The van der Waals surface area contributed by atoms with Crippen LogP contribution in [0, 0.1) is 5.92 Å². The minimum absolute atomic E-state index is 0.0912. The third-order valence-corrected chi connectivity index (χ3v) is 3.13. The lowest BCUT2D eigenvalue weighted by molar-refractivity contribution is 0.0947. The summed E-state index contributed by atoms with van der Waals surface area (Å²) in [6.07, 6.45) is 2.07. The van der Waals surface area contributed by atoms with Crippen LogP contribution in [0.25, 0.3) is 0 Å². The van der Waals surface area contributed by atoms with Gasteiger partial charge in [0, 0.05) is 12.7 Å². The normalized spacial score (nSPS) is 11.8. The molecule has 7 heteroatoms. The Labute approximate surface area is 101 Å². The van der Waals surface area contributed by atoms with Crippen molar-refractivity contribution in [1.29, 1.82) is 0 Å². The Morgan fingerprint density at radius 2 is 2.18 bits per heavy atom. The molecular formula is C10H17N3O3S. The molecule has 0 bridgehead atoms. The summed E-state index contributed by atoms with van der Waals surface area (Å²) in [5, 5.41) is 7.62. The molecule has 0 saturated carbocycles. The fraction of sp³-hybridized carbons (Fsp3) is 0.500. The first-order chi connectivity index (χ1) is 7.80. The Balaban J connectivity index is 2.62. The number of aromatic amines is 1. The number of primary sulfonamides is 1. The van der Waals surface area contributed by atoms with Crippen molar-refractivity contribution in [1.82, 2.24) is 10.3 Å². The molecule has 4 N–H and O–H groups in total. The van der Waals surface area contributed by atoms with Crippen molar-refractivity contribution in [2.45, 2.75) is 25.2 Å². The van der Waals surface area contributed by atoms with E-state index in [2.05, 4.69) is 24.1 Å². The van der Waals surface area contributed by atoms with Crippen molar-refractivity contribution in [3.63, 3.8) is 0 Å². The van der Waals surface area contributed by atoms with Gasteiger partial charge in [-0.1, -0.05) is 13.8 Å². The van der Waals surface area contributed by atoms with Crippen LogP contribution < -0.4 is 10.5 Å². The number of nitrogens with one attached hydrogen (secondary N) is 2. The van der Waals surface area contributed by atoms with E-state index in [1.54, 1.807) is 0 Å². The molecule has 1 amide bonds. The molecule has 1 aromatic rings. The first kappa shape index (κ1) is 13.7. The molecule has 0 saturated heterocycles. The number of sulfonamides is 1. The van der Waals surface area contributed by atoms with Gasteiger partial charge in [-0.2, -0.15) is 0 Å². The van der Waals surface area contributed by atoms with Crippen molar-refractivity contribution in [2.75, 3.05) is 6.54 Å². The maximum Gasteiger partial charge on any atom is 0.267 e. The number of H-pyrrole nitrogens is 1. The SMILES string of the molecule is CC(C)CCNC(=O)c1cc(S(N)(=O)=O)c[nH]1. The molecule has 96 valence electrons. The van der Waals surface area contributed by atoms with Crippen LogP contribution in [0.5, 0.6) is 0 Å². The Kier molecular flexibility index (Phi) is 4.30. The smallest absolute Gasteiger partial charge is 0.267 e. The second kappa shape index (κ2) is 5.33. The van der Waals surface area contributed by atoms with E-state index >= 15 is 0 Å². The second-order valence-corrected chi connectivity index (χ2v) is 5.79. The highest BCUT2D eigenvalue weighted by atomic mass is 32.2. The average molecular weight is 259 g/mol. The molecule has 0 aliphatic carbocycles. The molecule has 1 heterocycles. The third-order valence-electron chi connectivity index (χ3n) is 2.24. The number of carbonyl (C=O) groups excluding carboxylic acids is 1. The van der Waals surface area contributed by atoms with Gasteiger partial charge in [-0.3, -0.25) is 4.79 Å². The van der Waals surface area contributed by atoms with E-state index in [-0.39, 0.29) is 16.5 Å². The van der Waals surface area contributed by atoms with Crippen LogP contribution in [0.2, 0.25) is 0 Å². The predicted molar refractivity (Wildman–Crippen MR) is 64.0 cm³/mol. The molecule has 0 aromatic carbocycles. The number of carbonyl (C=O) groups is 1. The first-order valence-corrected chi connectivity index (χ1v) is 6.84. The maximum absolute atomic E-state index is 11.6. The Morgan fingerprint density at radius 3 is 2.65 bits per heavy atom. The Hall–Kier alpha value is -1.34. The molecule has 0 aliphatic heterocycles. The number of hydrogen-bond donors (Lipinski definition) is 3. The molecule has 1 aromatic heterocycles. The molecule has 0 atom stereocenters. The zero-order valence-corrected chi connectivity index (χ0v) is 10.7. The lowest BCUT2D eigenvalue weighted by atomic mass is 10.1. The van der Waals surface area contributed by atoms with Crippen molar-refractivity contribution in [3.05, 3.63) is 18.0 Å². The standard InChI is InChI=1S/C10H17N3O3S/c1-7(2)3-4-12-10(14)9-5-8(6-13-9)17(11,15)16/h5-7,13H,3-4H2,1-2H3,(H,12,14)(H2,11,15,16). The maximum atomic E-state index is 11.6. The van der Waals surface area contributed by atoms with Gasteiger partial charge in [0.15, 0.2) is 0 Å². The first-order valence-electron chi connectivity index (χ1n) is 5.30. The highest BCUT2D eigenvalue weighted by Gasteiger charge is 2.14. The summed E-state index contributed by atoms with van der Waals surface area (Å²) in [5.74, 6) is 0.166. The largest absolute Gasteiger partial charge is 0.356 e. The topological polar surface area (TPSA) is 105 Å². The van der Waals surface area contributed by atoms with Crippen LogP contribution in [0.15, 0.2) is 17.2 Å². The Bertz CT molecular complexity index is 491. The van der Waals surface area contributed by atoms with Crippen LogP contribution >= 0.6 is 0 Å². The lowest BCUT2D eigenvalue weighted by Crippen LogP contribution is -2.25. The summed E-state index contributed by atoms with van der Waals surface area (Å²) in [7, 11) is -3.76. The van der Waals surface area contributed by atoms with Gasteiger partial charge in [0.1, 0.15) is 5.69 Å². The highest BCUT2D eigenvalue weighted by Crippen LogP contribution is 2.08. The lowest BCUT2D eigenvalue weighted by Gasteiger charge is -2.05. The van der Waals surface area contributed by atoms with Gasteiger partial charge in [0.05, 0.1) is 4.90 Å². The molecule has 0 radical (unpaired) electrons. The predicted octanol–water partition coefficient (Wildman–Crippen LogP) is 0.438. The van der Waals surface area contributed by atoms with Crippen LogP contribution in [0.3, 0.4) is 0 Å². The fourth-order valence-corrected chi connectivity index (χ4v) is 1.74. The van der Waals surface area contributed by atoms with Gasteiger partial charge >= 0.3 is 0 Å². The molecule has 1 rings (SSSR count). The summed E-state index contributed by atoms with van der Waals surface area (Å²) in [5.41, 5.74) is 0.192. The molecule has 0 spiro atoms. The zero-order chi connectivity index (χ0) is 13.1. The number of nitrogens with two attached hydrogens (primary N) is 1. The quantitative estimate of drug-likeness (QED) is 0.714. The monoisotopic (exact) mass is 259 g/mol. The van der Waals surface area contributed by atoms with Crippen molar-refractivity contribution < 1.29 is 13.2 Å². The van der Waals surface area contributed by atoms with E-state index in [9.17, 15) is 13.2 Å². The van der Waals surface area contributed by atoms with E-state index < -0.39 is 10.0 Å². The minimum atomic E-state index is -3.76. The molecular weight excluding hydrogens is 242 g/mol. The molecule has 0 unspecified atom stereocenters. The number of hydrogen-bond acceptors (Lipinski definition) is 3. The fourth-order valence-electron chi connectivity index (χ4n) is 1.24. The van der Waals surface area contributed by atoms with E-state index in [0.717, 1.165) is 6.42 Å². The third kappa shape index (κ3) is 4.20.